The molecule has 0 saturated carbocycles. The largest absolute Gasteiger partial charge is 0.191 e. The third-order valence-electron chi connectivity index (χ3n) is 1.20. The van der Waals surface area contributed by atoms with Crippen LogP contribution in [0.25, 0.3) is 0 Å². The molecule has 1 heterocycles. The minimum absolute atomic E-state index is 0.835. The number of thiophene rings is 1. The fraction of sp³-hybridized carbons (Fsp3) is 0.286. The van der Waals surface area contributed by atoms with Crippen LogP contribution in [0.2, 0.25) is 0 Å². The molecule has 0 bridgehead atoms. The summed E-state index contributed by atoms with van der Waals surface area (Å²) >= 11 is 4.88. The first kappa shape index (κ1) is 8.98. The third-order valence-corrected chi connectivity index (χ3v) is 4.19. The van der Waals surface area contributed by atoms with Gasteiger partial charge in [0.1, 0.15) is 10.9 Å². The predicted octanol–water partition coefficient (Wildman–Crippen LogP) is 3.06. The number of thioether (sulfide) groups is 2. The van der Waals surface area contributed by atoms with Gasteiger partial charge in [-0.1, -0.05) is 0 Å². The maximum Gasteiger partial charge on any atom is 0.119 e. The fourth-order valence-electron chi connectivity index (χ4n) is 0.683. The summed E-state index contributed by atoms with van der Waals surface area (Å²) in [6.07, 6.45) is 4.02. The topological polar surface area (TPSA) is 23.8 Å². The molecule has 1 rings (SSSR count). The molecule has 0 fully saturated rings. The minimum Gasteiger partial charge on any atom is -0.191 e. The van der Waals surface area contributed by atoms with E-state index in [2.05, 4.69) is 12.1 Å². The van der Waals surface area contributed by atoms with Crippen molar-refractivity contribution in [2.75, 3.05) is 12.5 Å². The van der Waals surface area contributed by atoms with Crippen LogP contribution in [0.1, 0.15) is 4.88 Å². The Morgan fingerprint density at radius 2 is 2.18 bits per heavy atom. The molecular weight excluding hydrogens is 194 g/mol. The average Bonchev–Trinajstić information content (AvgIpc) is 2.46. The van der Waals surface area contributed by atoms with Gasteiger partial charge >= 0.3 is 0 Å². The van der Waals surface area contributed by atoms with E-state index in [0.717, 1.165) is 9.77 Å². The first-order valence-corrected chi connectivity index (χ1v) is 6.20. The van der Waals surface area contributed by atoms with E-state index in [1.54, 1.807) is 34.9 Å². The number of nitrogens with zero attached hydrogens (tertiary/aromatic N) is 1. The van der Waals surface area contributed by atoms with E-state index in [1.165, 1.54) is 4.21 Å². The van der Waals surface area contributed by atoms with E-state index in [0.29, 0.717) is 0 Å². The number of nitriles is 1. The molecule has 0 saturated heterocycles. The molecule has 1 nitrogen and oxygen atoms in total. The van der Waals surface area contributed by atoms with Crippen molar-refractivity contribution in [3.63, 3.8) is 0 Å². The molecule has 11 heavy (non-hydrogen) atoms. The summed E-state index contributed by atoms with van der Waals surface area (Å²) in [5.41, 5.74) is 0. The molecule has 0 aliphatic heterocycles. The van der Waals surface area contributed by atoms with Gasteiger partial charge in [-0.05, 0) is 18.6 Å². The Balaban J connectivity index is 3.05. The van der Waals surface area contributed by atoms with Crippen LogP contribution in [-0.2, 0) is 0 Å². The zero-order chi connectivity index (χ0) is 8.27. The summed E-state index contributed by atoms with van der Waals surface area (Å²) in [5.74, 6) is 0. The second-order valence-electron chi connectivity index (χ2n) is 1.78. The minimum atomic E-state index is 0.835. The molecule has 1 aromatic heterocycles. The van der Waals surface area contributed by atoms with E-state index < -0.39 is 0 Å². The van der Waals surface area contributed by atoms with Crippen LogP contribution in [0.5, 0.6) is 0 Å². The highest BCUT2D eigenvalue weighted by molar-refractivity contribution is 8.01. The molecule has 58 valence electrons. The van der Waals surface area contributed by atoms with Crippen molar-refractivity contribution in [2.45, 2.75) is 9.10 Å². The van der Waals surface area contributed by atoms with Crippen LogP contribution in [0.4, 0.5) is 0 Å². The van der Waals surface area contributed by atoms with Gasteiger partial charge in [0.05, 0.1) is 4.21 Å². The molecular formula is C7H7NS3. The predicted molar refractivity (Wildman–Crippen MR) is 52.6 cm³/mol. The van der Waals surface area contributed by atoms with E-state index in [4.69, 9.17) is 5.26 Å². The second-order valence-corrected chi connectivity index (χ2v) is 4.79. The maximum atomic E-state index is 8.70. The van der Waals surface area contributed by atoms with Gasteiger partial charge in [0.2, 0.25) is 0 Å². The monoisotopic (exact) mass is 201 g/mol. The molecule has 0 N–H and O–H groups in total. The van der Waals surface area contributed by atoms with Gasteiger partial charge in [-0.3, -0.25) is 0 Å². The maximum absolute atomic E-state index is 8.70. The van der Waals surface area contributed by atoms with Crippen LogP contribution in [0.15, 0.2) is 15.2 Å². The Bertz CT molecular complexity index is 284. The second kappa shape index (κ2) is 4.05. The Morgan fingerprint density at radius 3 is 2.55 bits per heavy atom. The summed E-state index contributed by atoms with van der Waals surface area (Å²) in [6.45, 7) is 0. The van der Waals surface area contributed by atoms with Crippen molar-refractivity contribution in [3.8, 4) is 6.07 Å². The molecule has 1 aromatic rings. The summed E-state index contributed by atoms with van der Waals surface area (Å²) in [5, 5.41) is 8.70. The fourth-order valence-corrected chi connectivity index (χ4v) is 3.08. The highest BCUT2D eigenvalue weighted by atomic mass is 32.2. The van der Waals surface area contributed by atoms with E-state index in [1.807, 2.05) is 12.5 Å². The van der Waals surface area contributed by atoms with Crippen molar-refractivity contribution >= 4 is 34.9 Å². The summed E-state index contributed by atoms with van der Waals surface area (Å²) in [7, 11) is 0. The third kappa shape index (κ3) is 1.92. The SMILES string of the molecule is CSc1cc(SC)c(C#N)s1. The highest BCUT2D eigenvalue weighted by Gasteiger charge is 2.05. The Morgan fingerprint density at radius 1 is 1.45 bits per heavy atom. The van der Waals surface area contributed by atoms with Gasteiger partial charge in [0, 0.05) is 4.90 Å². The molecule has 0 spiro atoms. The first-order valence-electron chi connectivity index (χ1n) is 2.93. The average molecular weight is 201 g/mol. The lowest BCUT2D eigenvalue weighted by atomic mass is 10.5. The lowest BCUT2D eigenvalue weighted by Crippen LogP contribution is -1.65. The number of hydrogen-bond acceptors (Lipinski definition) is 4. The molecule has 0 aromatic carbocycles. The van der Waals surface area contributed by atoms with Gasteiger partial charge < -0.3 is 0 Å². The van der Waals surface area contributed by atoms with E-state index >= 15 is 0 Å². The Labute approximate surface area is 78.8 Å². The van der Waals surface area contributed by atoms with Crippen molar-refractivity contribution in [3.05, 3.63) is 10.9 Å². The molecule has 0 aliphatic rings. The van der Waals surface area contributed by atoms with Crippen LogP contribution < -0.4 is 0 Å². The van der Waals surface area contributed by atoms with Crippen molar-refractivity contribution in [2.24, 2.45) is 0 Å². The lowest BCUT2D eigenvalue weighted by Gasteiger charge is -1.85. The van der Waals surface area contributed by atoms with Crippen molar-refractivity contribution in [1.82, 2.24) is 0 Å². The van der Waals surface area contributed by atoms with Gasteiger partial charge in [0.15, 0.2) is 0 Å². The first-order chi connectivity index (χ1) is 5.31. The van der Waals surface area contributed by atoms with Crippen molar-refractivity contribution < 1.29 is 0 Å². The standard InChI is InChI=1S/C7H7NS3/c1-9-5-3-7(10-2)11-6(5)4-8/h3H,1-2H3. The lowest BCUT2D eigenvalue weighted by molar-refractivity contribution is 1.44. The van der Waals surface area contributed by atoms with Gasteiger partial charge in [-0.15, -0.1) is 34.9 Å². The summed E-state index contributed by atoms with van der Waals surface area (Å²) in [4.78, 5) is 1.93. The zero-order valence-electron chi connectivity index (χ0n) is 6.25. The van der Waals surface area contributed by atoms with Gasteiger partial charge in [0.25, 0.3) is 0 Å². The quantitative estimate of drug-likeness (QED) is 0.687. The smallest absolute Gasteiger partial charge is 0.119 e. The van der Waals surface area contributed by atoms with Crippen LogP contribution in [0.3, 0.4) is 0 Å². The molecule has 0 atom stereocenters. The van der Waals surface area contributed by atoms with E-state index in [9.17, 15) is 0 Å². The van der Waals surface area contributed by atoms with Crippen LogP contribution in [-0.4, -0.2) is 12.5 Å². The molecule has 0 unspecified atom stereocenters. The Hall–Kier alpha value is -0.110. The van der Waals surface area contributed by atoms with E-state index in [-0.39, 0.29) is 0 Å². The molecule has 0 aliphatic carbocycles. The van der Waals surface area contributed by atoms with Crippen LogP contribution in [0, 0.1) is 11.3 Å². The number of rotatable bonds is 2. The Kier molecular flexibility index (Phi) is 3.31. The molecule has 4 heteroatoms. The molecule has 0 amide bonds. The van der Waals surface area contributed by atoms with Gasteiger partial charge in [-0.2, -0.15) is 5.26 Å². The van der Waals surface area contributed by atoms with Gasteiger partial charge in [-0.25, -0.2) is 0 Å². The highest BCUT2D eigenvalue weighted by Crippen LogP contribution is 2.33. The van der Waals surface area contributed by atoms with Crippen molar-refractivity contribution in [1.29, 1.82) is 5.26 Å². The number of hydrogen-bond donors (Lipinski definition) is 0. The molecule has 0 radical (unpaired) electrons. The summed E-state index contributed by atoms with van der Waals surface area (Å²) < 4.78 is 1.21. The zero-order valence-corrected chi connectivity index (χ0v) is 8.70. The van der Waals surface area contributed by atoms with Crippen LogP contribution >= 0.6 is 34.9 Å². The normalized spacial score (nSPS) is 9.55. The summed E-state index contributed by atoms with van der Waals surface area (Å²) in [6, 6.07) is 4.25.